The molecule has 4 heteroatoms. The standard InChI is InChI=1S/C11H15N3O/c1-11(7-15-6-10(13)14-11)8-3-2-4-9(12)5-8/h2-5H,6-7,12H2,1H3,(H2,13,14)/t11-/m0/s1. The van der Waals surface area contributed by atoms with E-state index in [1.165, 1.54) is 0 Å². The van der Waals surface area contributed by atoms with Gasteiger partial charge in [-0.05, 0) is 24.6 Å². The molecule has 4 nitrogen and oxygen atoms in total. The quantitative estimate of drug-likeness (QED) is 0.668. The first-order valence-electron chi connectivity index (χ1n) is 4.88. The van der Waals surface area contributed by atoms with Crippen molar-refractivity contribution in [1.29, 1.82) is 0 Å². The number of benzene rings is 1. The lowest BCUT2D eigenvalue weighted by molar-refractivity contribution is 0.106. The first-order valence-corrected chi connectivity index (χ1v) is 4.88. The van der Waals surface area contributed by atoms with Crippen molar-refractivity contribution in [1.82, 2.24) is 0 Å². The Hall–Kier alpha value is -1.55. The molecule has 0 saturated carbocycles. The molecular formula is C11H15N3O. The minimum atomic E-state index is -0.405. The lowest BCUT2D eigenvalue weighted by atomic mass is 9.92. The maximum atomic E-state index is 5.74. The first kappa shape index (κ1) is 9.98. The Morgan fingerprint density at radius 3 is 2.87 bits per heavy atom. The smallest absolute Gasteiger partial charge is 0.121 e. The first-order chi connectivity index (χ1) is 7.10. The van der Waals surface area contributed by atoms with Gasteiger partial charge < -0.3 is 16.2 Å². The summed E-state index contributed by atoms with van der Waals surface area (Å²) in [6, 6.07) is 7.66. The van der Waals surface area contributed by atoms with Gasteiger partial charge in [0.05, 0.1) is 6.61 Å². The SMILES string of the molecule is C[C@@]1(c2cccc(N)c2)COCC(N)=N1. The number of hydrogen-bond donors (Lipinski definition) is 2. The van der Waals surface area contributed by atoms with Crippen LogP contribution < -0.4 is 11.5 Å². The highest BCUT2D eigenvalue weighted by molar-refractivity contribution is 5.82. The number of nitrogens with zero attached hydrogens (tertiary/aromatic N) is 1. The Balaban J connectivity index is 2.41. The van der Waals surface area contributed by atoms with Gasteiger partial charge in [0.2, 0.25) is 0 Å². The molecule has 80 valence electrons. The van der Waals surface area contributed by atoms with Crippen molar-refractivity contribution < 1.29 is 4.74 Å². The van der Waals surface area contributed by atoms with Crippen LogP contribution >= 0.6 is 0 Å². The molecule has 1 aromatic rings. The van der Waals surface area contributed by atoms with Crippen LogP contribution in [0, 0.1) is 0 Å². The largest absolute Gasteiger partial charge is 0.399 e. The summed E-state index contributed by atoms with van der Waals surface area (Å²) in [5.41, 5.74) is 12.8. The van der Waals surface area contributed by atoms with Crippen LogP contribution in [-0.2, 0) is 10.3 Å². The monoisotopic (exact) mass is 205 g/mol. The van der Waals surface area contributed by atoms with Crippen molar-refractivity contribution >= 4 is 11.5 Å². The van der Waals surface area contributed by atoms with Crippen molar-refractivity contribution in [2.45, 2.75) is 12.5 Å². The Bertz CT molecular complexity index is 403. The Labute approximate surface area is 88.9 Å². The van der Waals surface area contributed by atoms with E-state index in [9.17, 15) is 0 Å². The zero-order valence-electron chi connectivity index (χ0n) is 8.73. The average Bonchev–Trinajstić information content (AvgIpc) is 2.17. The van der Waals surface area contributed by atoms with E-state index in [-0.39, 0.29) is 0 Å². The van der Waals surface area contributed by atoms with Gasteiger partial charge in [-0.15, -0.1) is 0 Å². The van der Waals surface area contributed by atoms with E-state index >= 15 is 0 Å². The lowest BCUT2D eigenvalue weighted by Crippen LogP contribution is -2.37. The van der Waals surface area contributed by atoms with Crippen molar-refractivity contribution in [3.05, 3.63) is 29.8 Å². The number of ether oxygens (including phenoxy) is 1. The van der Waals surface area contributed by atoms with E-state index in [2.05, 4.69) is 4.99 Å². The molecule has 0 spiro atoms. The van der Waals surface area contributed by atoms with Crippen LogP contribution in [0.1, 0.15) is 12.5 Å². The van der Waals surface area contributed by atoms with Crippen molar-refractivity contribution in [3.8, 4) is 0 Å². The van der Waals surface area contributed by atoms with Gasteiger partial charge in [0.25, 0.3) is 0 Å². The van der Waals surface area contributed by atoms with E-state index in [1.54, 1.807) is 0 Å². The molecule has 0 saturated heterocycles. The van der Waals surface area contributed by atoms with Gasteiger partial charge in [-0.2, -0.15) is 0 Å². The molecule has 0 fully saturated rings. The normalized spacial score (nSPS) is 26.1. The third-order valence-electron chi connectivity index (χ3n) is 2.53. The predicted octanol–water partition coefficient (Wildman–Crippen LogP) is 0.871. The molecule has 0 bridgehead atoms. The minimum Gasteiger partial charge on any atom is -0.399 e. The van der Waals surface area contributed by atoms with E-state index in [0.29, 0.717) is 19.0 Å². The second kappa shape index (κ2) is 3.55. The number of hydrogen-bond acceptors (Lipinski definition) is 4. The number of amidine groups is 1. The lowest BCUT2D eigenvalue weighted by Gasteiger charge is -2.30. The van der Waals surface area contributed by atoms with Gasteiger partial charge >= 0.3 is 0 Å². The van der Waals surface area contributed by atoms with Crippen LogP contribution in [0.2, 0.25) is 0 Å². The number of aliphatic imine (C=N–C) groups is 1. The van der Waals surface area contributed by atoms with Gasteiger partial charge in [-0.3, -0.25) is 4.99 Å². The summed E-state index contributed by atoms with van der Waals surface area (Å²) in [5, 5.41) is 0. The molecule has 1 heterocycles. The molecule has 0 amide bonds. The Morgan fingerprint density at radius 1 is 1.40 bits per heavy atom. The molecule has 0 radical (unpaired) electrons. The highest BCUT2D eigenvalue weighted by Gasteiger charge is 2.29. The van der Waals surface area contributed by atoms with Gasteiger partial charge in [-0.1, -0.05) is 12.1 Å². The number of rotatable bonds is 1. The summed E-state index contributed by atoms with van der Waals surface area (Å²) in [5.74, 6) is 0.533. The van der Waals surface area contributed by atoms with Crippen LogP contribution in [0.25, 0.3) is 0 Å². The summed E-state index contributed by atoms with van der Waals surface area (Å²) in [4.78, 5) is 4.44. The molecule has 0 unspecified atom stereocenters. The fourth-order valence-corrected chi connectivity index (χ4v) is 1.76. The second-order valence-corrected chi connectivity index (χ2v) is 4.00. The van der Waals surface area contributed by atoms with E-state index in [1.807, 2.05) is 31.2 Å². The van der Waals surface area contributed by atoms with E-state index in [4.69, 9.17) is 16.2 Å². The van der Waals surface area contributed by atoms with E-state index < -0.39 is 5.54 Å². The van der Waals surface area contributed by atoms with Crippen LogP contribution in [0.15, 0.2) is 29.3 Å². The highest BCUT2D eigenvalue weighted by atomic mass is 16.5. The molecule has 4 N–H and O–H groups in total. The summed E-state index contributed by atoms with van der Waals surface area (Å²) in [7, 11) is 0. The summed E-state index contributed by atoms with van der Waals surface area (Å²) >= 11 is 0. The minimum absolute atomic E-state index is 0.405. The summed E-state index contributed by atoms with van der Waals surface area (Å²) in [6.07, 6.45) is 0. The zero-order chi connectivity index (χ0) is 10.9. The molecule has 0 aromatic heterocycles. The average molecular weight is 205 g/mol. The van der Waals surface area contributed by atoms with E-state index in [0.717, 1.165) is 11.3 Å². The molecule has 15 heavy (non-hydrogen) atoms. The fourth-order valence-electron chi connectivity index (χ4n) is 1.76. The maximum Gasteiger partial charge on any atom is 0.121 e. The maximum absolute atomic E-state index is 5.74. The molecular weight excluding hydrogens is 190 g/mol. The third kappa shape index (κ3) is 1.94. The van der Waals surface area contributed by atoms with Crippen LogP contribution in [-0.4, -0.2) is 19.0 Å². The number of nitrogen functional groups attached to an aromatic ring is 1. The van der Waals surface area contributed by atoms with Crippen LogP contribution in [0.4, 0.5) is 5.69 Å². The third-order valence-corrected chi connectivity index (χ3v) is 2.53. The summed E-state index contributed by atoms with van der Waals surface area (Å²) in [6.45, 7) is 2.95. The number of anilines is 1. The predicted molar refractivity (Wildman–Crippen MR) is 60.6 cm³/mol. The van der Waals surface area contributed by atoms with Crippen molar-refractivity contribution in [3.63, 3.8) is 0 Å². The van der Waals surface area contributed by atoms with Gasteiger partial charge in [0, 0.05) is 5.69 Å². The fraction of sp³-hybridized carbons (Fsp3) is 0.364. The molecule has 1 aromatic carbocycles. The van der Waals surface area contributed by atoms with Gasteiger partial charge in [0.15, 0.2) is 0 Å². The molecule has 1 atom stereocenters. The molecule has 2 rings (SSSR count). The topological polar surface area (TPSA) is 73.6 Å². The molecule has 0 aliphatic carbocycles. The van der Waals surface area contributed by atoms with Gasteiger partial charge in [0.1, 0.15) is 18.0 Å². The van der Waals surface area contributed by atoms with Crippen molar-refractivity contribution in [2.75, 3.05) is 18.9 Å². The van der Waals surface area contributed by atoms with Crippen LogP contribution in [0.5, 0.6) is 0 Å². The van der Waals surface area contributed by atoms with Gasteiger partial charge in [-0.25, -0.2) is 0 Å². The van der Waals surface area contributed by atoms with Crippen LogP contribution in [0.3, 0.4) is 0 Å². The number of nitrogens with two attached hydrogens (primary N) is 2. The second-order valence-electron chi connectivity index (χ2n) is 4.00. The highest BCUT2D eigenvalue weighted by Crippen LogP contribution is 2.29. The Morgan fingerprint density at radius 2 is 2.20 bits per heavy atom. The molecule has 1 aliphatic heterocycles. The molecule has 1 aliphatic rings. The zero-order valence-corrected chi connectivity index (χ0v) is 8.73. The van der Waals surface area contributed by atoms with Crippen molar-refractivity contribution in [2.24, 2.45) is 10.7 Å². The Kier molecular flexibility index (Phi) is 2.36. The summed E-state index contributed by atoms with van der Waals surface area (Å²) < 4.78 is 5.40.